The first-order valence-corrected chi connectivity index (χ1v) is 7.47. The lowest BCUT2D eigenvalue weighted by Crippen LogP contribution is -2.44. The first-order valence-electron chi connectivity index (χ1n) is 7.47. The van der Waals surface area contributed by atoms with Gasteiger partial charge in [-0.3, -0.25) is 4.90 Å². The Balaban J connectivity index is 2.69. The maximum absolute atomic E-state index is 12.2. The molecular formula is C15H27NO5. The molecule has 0 aromatic heterocycles. The summed E-state index contributed by atoms with van der Waals surface area (Å²) in [6.45, 7) is 8.47. The molecule has 0 bridgehead atoms. The van der Waals surface area contributed by atoms with Gasteiger partial charge < -0.3 is 14.2 Å². The Hall–Kier alpha value is -1.30. The Morgan fingerprint density at radius 2 is 1.95 bits per heavy atom. The Labute approximate surface area is 126 Å². The van der Waals surface area contributed by atoms with Crippen molar-refractivity contribution in [1.82, 2.24) is 4.90 Å². The van der Waals surface area contributed by atoms with Crippen molar-refractivity contribution in [2.75, 3.05) is 20.3 Å². The van der Waals surface area contributed by atoms with Crippen molar-refractivity contribution in [2.45, 2.75) is 64.7 Å². The lowest BCUT2D eigenvalue weighted by molar-refractivity contribution is -0.145. The summed E-state index contributed by atoms with van der Waals surface area (Å²) in [6.07, 6.45) is 1.82. The molecule has 1 saturated heterocycles. The summed E-state index contributed by atoms with van der Waals surface area (Å²) >= 11 is 0. The minimum atomic E-state index is -0.628. The highest BCUT2D eigenvalue weighted by Crippen LogP contribution is 2.24. The summed E-state index contributed by atoms with van der Waals surface area (Å²) in [7, 11) is 1.32. The molecule has 1 aliphatic rings. The van der Waals surface area contributed by atoms with Gasteiger partial charge in [0.2, 0.25) is 0 Å². The van der Waals surface area contributed by atoms with Crippen LogP contribution in [0.2, 0.25) is 0 Å². The van der Waals surface area contributed by atoms with E-state index in [1.165, 1.54) is 12.0 Å². The zero-order valence-electron chi connectivity index (χ0n) is 13.7. The lowest BCUT2D eigenvalue weighted by Gasteiger charge is -2.27. The Bertz CT molecular complexity index is 364. The van der Waals surface area contributed by atoms with Crippen molar-refractivity contribution in [1.29, 1.82) is 0 Å². The fourth-order valence-corrected chi connectivity index (χ4v) is 2.19. The molecule has 1 aliphatic heterocycles. The highest BCUT2D eigenvalue weighted by atomic mass is 16.6. The number of nitrogens with zero attached hydrogens (tertiary/aromatic N) is 1. The number of rotatable bonds is 5. The predicted octanol–water partition coefficient (Wildman–Crippen LogP) is 2.35. The van der Waals surface area contributed by atoms with Crippen LogP contribution in [0.4, 0.5) is 4.79 Å². The molecule has 0 saturated carbocycles. The van der Waals surface area contributed by atoms with Gasteiger partial charge >= 0.3 is 12.1 Å². The van der Waals surface area contributed by atoms with Crippen molar-refractivity contribution in [2.24, 2.45) is 0 Å². The predicted molar refractivity (Wildman–Crippen MR) is 78.0 cm³/mol. The summed E-state index contributed by atoms with van der Waals surface area (Å²) in [6, 6.07) is -0.628. The van der Waals surface area contributed by atoms with Crippen molar-refractivity contribution >= 4 is 12.1 Å². The lowest BCUT2D eigenvalue weighted by atomic mass is 10.2. The topological polar surface area (TPSA) is 65.1 Å². The second kappa shape index (κ2) is 7.64. The summed E-state index contributed by atoms with van der Waals surface area (Å²) in [5.41, 5.74) is -0.598. The molecule has 0 unspecified atom stereocenters. The average Bonchev–Trinajstić information content (AvgIpc) is 2.80. The number of amides is 1. The van der Waals surface area contributed by atoms with Gasteiger partial charge in [-0.15, -0.1) is 0 Å². The number of esters is 1. The molecule has 0 aliphatic carbocycles. The van der Waals surface area contributed by atoms with Gasteiger partial charge in [0.05, 0.1) is 19.8 Å². The van der Waals surface area contributed by atoms with E-state index in [-0.39, 0.29) is 6.10 Å². The molecule has 6 heteroatoms. The number of hydrogen-bond acceptors (Lipinski definition) is 5. The SMILES string of the molecule is CCCCO[C@@H]1C[C@@H](C(=O)OC)N(C(=O)OC(C)(C)C)C1. The molecule has 0 radical (unpaired) electrons. The fraction of sp³-hybridized carbons (Fsp3) is 0.867. The highest BCUT2D eigenvalue weighted by Gasteiger charge is 2.42. The van der Waals surface area contributed by atoms with Gasteiger partial charge in [-0.2, -0.15) is 0 Å². The van der Waals surface area contributed by atoms with Crippen LogP contribution in [-0.4, -0.2) is 55.0 Å². The van der Waals surface area contributed by atoms with E-state index in [2.05, 4.69) is 6.92 Å². The summed E-state index contributed by atoms with van der Waals surface area (Å²) in [4.78, 5) is 25.5. The minimum absolute atomic E-state index is 0.145. The van der Waals surface area contributed by atoms with Crippen molar-refractivity contribution in [3.63, 3.8) is 0 Å². The van der Waals surface area contributed by atoms with Crippen LogP contribution in [0.3, 0.4) is 0 Å². The monoisotopic (exact) mass is 301 g/mol. The number of unbranched alkanes of at least 4 members (excludes halogenated alkanes) is 1. The molecule has 2 atom stereocenters. The van der Waals surface area contributed by atoms with E-state index < -0.39 is 23.7 Å². The Morgan fingerprint density at radius 3 is 2.48 bits per heavy atom. The quantitative estimate of drug-likeness (QED) is 0.576. The largest absolute Gasteiger partial charge is 0.467 e. The van der Waals surface area contributed by atoms with E-state index in [0.29, 0.717) is 19.6 Å². The maximum Gasteiger partial charge on any atom is 0.411 e. The number of methoxy groups -OCH3 is 1. The van der Waals surface area contributed by atoms with E-state index >= 15 is 0 Å². The molecule has 0 aromatic rings. The van der Waals surface area contributed by atoms with Crippen LogP contribution in [0.1, 0.15) is 47.0 Å². The van der Waals surface area contributed by atoms with Crippen LogP contribution < -0.4 is 0 Å². The first-order chi connectivity index (χ1) is 9.78. The number of carbonyl (C=O) groups is 2. The van der Waals surface area contributed by atoms with E-state index in [1.807, 2.05) is 0 Å². The maximum atomic E-state index is 12.2. The molecule has 1 rings (SSSR count). The Kier molecular flexibility index (Phi) is 6.45. The van der Waals surface area contributed by atoms with Crippen LogP contribution in [-0.2, 0) is 19.0 Å². The van der Waals surface area contributed by atoms with Crippen LogP contribution in [0.25, 0.3) is 0 Å². The van der Waals surface area contributed by atoms with Gasteiger partial charge in [0.25, 0.3) is 0 Å². The van der Waals surface area contributed by atoms with Crippen molar-refractivity contribution in [3.8, 4) is 0 Å². The molecule has 0 N–H and O–H groups in total. The zero-order valence-corrected chi connectivity index (χ0v) is 13.7. The summed E-state index contributed by atoms with van der Waals surface area (Å²) in [5.74, 6) is -0.428. The molecule has 1 heterocycles. The molecular weight excluding hydrogens is 274 g/mol. The van der Waals surface area contributed by atoms with Gasteiger partial charge in [-0.1, -0.05) is 13.3 Å². The average molecular weight is 301 g/mol. The second-order valence-electron chi connectivity index (χ2n) is 6.25. The third kappa shape index (κ3) is 5.53. The number of carbonyl (C=O) groups excluding carboxylic acids is 2. The molecule has 21 heavy (non-hydrogen) atoms. The number of hydrogen-bond donors (Lipinski definition) is 0. The fourth-order valence-electron chi connectivity index (χ4n) is 2.19. The standard InChI is InChI=1S/C15H27NO5/c1-6-7-8-20-11-9-12(13(17)19-5)16(10-11)14(18)21-15(2,3)4/h11-12H,6-10H2,1-5H3/t11-,12+/m1/s1. The third-order valence-electron chi connectivity index (χ3n) is 3.22. The van der Waals surface area contributed by atoms with Crippen LogP contribution >= 0.6 is 0 Å². The van der Waals surface area contributed by atoms with Crippen LogP contribution in [0, 0.1) is 0 Å². The van der Waals surface area contributed by atoms with E-state index in [9.17, 15) is 9.59 Å². The number of likely N-dealkylation sites (tertiary alicyclic amines) is 1. The molecule has 0 spiro atoms. The Morgan fingerprint density at radius 1 is 1.29 bits per heavy atom. The first kappa shape index (κ1) is 17.8. The smallest absolute Gasteiger partial charge is 0.411 e. The highest BCUT2D eigenvalue weighted by molar-refractivity contribution is 5.82. The van der Waals surface area contributed by atoms with Gasteiger partial charge in [0.15, 0.2) is 0 Å². The van der Waals surface area contributed by atoms with E-state index in [0.717, 1.165) is 12.8 Å². The molecule has 1 amide bonds. The minimum Gasteiger partial charge on any atom is -0.467 e. The zero-order chi connectivity index (χ0) is 16.0. The second-order valence-corrected chi connectivity index (χ2v) is 6.25. The van der Waals surface area contributed by atoms with Crippen LogP contribution in [0.5, 0.6) is 0 Å². The molecule has 0 aromatic carbocycles. The van der Waals surface area contributed by atoms with E-state index in [4.69, 9.17) is 14.2 Å². The van der Waals surface area contributed by atoms with Crippen molar-refractivity contribution < 1.29 is 23.8 Å². The normalized spacial score (nSPS) is 22.2. The molecule has 122 valence electrons. The van der Waals surface area contributed by atoms with Gasteiger partial charge in [-0.05, 0) is 27.2 Å². The molecule has 1 fully saturated rings. The summed E-state index contributed by atoms with van der Waals surface area (Å²) < 4.78 is 15.8. The third-order valence-corrected chi connectivity index (χ3v) is 3.22. The van der Waals surface area contributed by atoms with Crippen molar-refractivity contribution in [3.05, 3.63) is 0 Å². The molecule has 6 nitrogen and oxygen atoms in total. The summed E-state index contributed by atoms with van der Waals surface area (Å²) in [5, 5.41) is 0. The van der Waals surface area contributed by atoms with Gasteiger partial charge in [0.1, 0.15) is 11.6 Å². The van der Waals surface area contributed by atoms with E-state index in [1.54, 1.807) is 20.8 Å². The van der Waals surface area contributed by atoms with Gasteiger partial charge in [0, 0.05) is 13.0 Å². The van der Waals surface area contributed by atoms with Gasteiger partial charge in [-0.25, -0.2) is 9.59 Å². The number of ether oxygens (including phenoxy) is 3. The van der Waals surface area contributed by atoms with Crippen LogP contribution in [0.15, 0.2) is 0 Å².